The summed E-state index contributed by atoms with van der Waals surface area (Å²) in [6.45, 7) is 2.02. The zero-order chi connectivity index (χ0) is 12.6. The fourth-order valence-electron chi connectivity index (χ4n) is 1.19. The summed E-state index contributed by atoms with van der Waals surface area (Å²) in [6.07, 6.45) is 1.66. The Labute approximate surface area is 96.5 Å². The molecule has 5 nitrogen and oxygen atoms in total. The van der Waals surface area contributed by atoms with Crippen molar-refractivity contribution in [2.24, 2.45) is 0 Å². The Balaban J connectivity index is 0.000000673. The topological polar surface area (TPSA) is 101 Å². The lowest BCUT2D eigenvalue weighted by atomic mass is 10.1. The molecule has 0 aliphatic rings. The van der Waals surface area contributed by atoms with Gasteiger partial charge in [-0.3, -0.25) is 0 Å². The molecule has 0 bridgehead atoms. The van der Waals surface area contributed by atoms with Crippen LogP contribution in [0.5, 0.6) is 0 Å². The van der Waals surface area contributed by atoms with E-state index in [9.17, 15) is 0 Å². The molecule has 5 heteroatoms. The van der Waals surface area contributed by atoms with E-state index >= 15 is 0 Å². The summed E-state index contributed by atoms with van der Waals surface area (Å²) in [5.74, 6) is 0.375. The summed E-state index contributed by atoms with van der Waals surface area (Å²) in [6, 6.07) is 3.54. The lowest BCUT2D eigenvalue weighted by Crippen LogP contribution is -2.03. The average molecular weight is 221 g/mol. The highest BCUT2D eigenvalue weighted by Gasteiger charge is 2.07. The van der Waals surface area contributed by atoms with E-state index in [1.54, 1.807) is 0 Å². The highest BCUT2D eigenvalue weighted by molar-refractivity contribution is 5.60. The van der Waals surface area contributed by atoms with E-state index in [2.05, 4.69) is 10.3 Å². The lowest BCUT2D eigenvalue weighted by molar-refractivity contribution is 0.881. The van der Waals surface area contributed by atoms with Crippen molar-refractivity contribution in [2.45, 2.75) is 19.8 Å². The van der Waals surface area contributed by atoms with Crippen LogP contribution in [0.4, 0.5) is 11.5 Å². The molecule has 1 rings (SSSR count). The van der Waals surface area contributed by atoms with Gasteiger partial charge in [-0.1, -0.05) is 13.3 Å². The van der Waals surface area contributed by atoms with Gasteiger partial charge in [0.15, 0.2) is 0 Å². The van der Waals surface area contributed by atoms with Crippen LogP contribution in [0.15, 0.2) is 6.07 Å². The molecule has 88 valence electrons. The summed E-state index contributed by atoms with van der Waals surface area (Å²) in [5, 5.41) is 11.6. The van der Waals surface area contributed by atoms with Gasteiger partial charge in [0.2, 0.25) is 0 Å². The normalized spacial score (nSPS) is 8.88. The minimum atomic E-state index is 0.375. The minimum absolute atomic E-state index is 0.375. The van der Waals surface area contributed by atoms with E-state index in [1.807, 2.05) is 27.1 Å². The Bertz CT molecular complexity index is 367. The summed E-state index contributed by atoms with van der Waals surface area (Å²) >= 11 is 0. The van der Waals surface area contributed by atoms with Crippen LogP contribution in [-0.4, -0.2) is 19.1 Å². The van der Waals surface area contributed by atoms with Crippen LogP contribution in [0.1, 0.15) is 24.6 Å². The second-order valence-corrected chi connectivity index (χ2v) is 3.32. The molecule has 0 fully saturated rings. The summed E-state index contributed by atoms with van der Waals surface area (Å²) in [5.41, 5.74) is 12.7. The molecule has 0 saturated carbocycles. The first-order chi connectivity index (χ1) is 7.60. The van der Waals surface area contributed by atoms with Crippen LogP contribution >= 0.6 is 0 Å². The average Bonchev–Trinajstić information content (AvgIpc) is 2.18. The van der Waals surface area contributed by atoms with Crippen molar-refractivity contribution < 1.29 is 0 Å². The number of nitrogens with zero attached hydrogens (tertiary/aromatic N) is 2. The fraction of sp³-hybridized carbons (Fsp3) is 0.455. The minimum Gasteiger partial charge on any atom is -0.397 e. The Morgan fingerprint density at radius 3 is 2.44 bits per heavy atom. The largest absolute Gasteiger partial charge is 0.397 e. The van der Waals surface area contributed by atoms with Crippen LogP contribution in [0.25, 0.3) is 0 Å². The quantitative estimate of drug-likeness (QED) is 0.689. The first kappa shape index (κ1) is 14.2. The Morgan fingerprint density at radius 1 is 1.44 bits per heavy atom. The van der Waals surface area contributed by atoms with Crippen molar-refractivity contribution in [1.82, 2.24) is 10.3 Å². The predicted octanol–water partition coefficient (Wildman–Crippen LogP) is 0.906. The zero-order valence-corrected chi connectivity index (χ0v) is 10.0. The molecule has 0 aliphatic heterocycles. The number of hydrogen-bond acceptors (Lipinski definition) is 5. The number of aromatic nitrogens is 1. The Morgan fingerprint density at radius 2 is 2.00 bits per heavy atom. The van der Waals surface area contributed by atoms with Gasteiger partial charge in [-0.05, 0) is 20.5 Å². The van der Waals surface area contributed by atoms with Crippen molar-refractivity contribution in [3.8, 4) is 6.07 Å². The molecule has 16 heavy (non-hydrogen) atoms. The maximum absolute atomic E-state index is 8.81. The standard InChI is InChI=1S/C9H12N4.C2H7N/c1-2-3-8-6(5-10)7(11)4-9(12)13-8;1-3-2/h4H,2-3H2,1H3,(H4,11,12,13);3H,1-2H3. The zero-order valence-electron chi connectivity index (χ0n) is 10.0. The number of aryl methyl sites for hydroxylation is 1. The van der Waals surface area contributed by atoms with Gasteiger partial charge in [0, 0.05) is 6.07 Å². The Hall–Kier alpha value is -1.80. The predicted molar refractivity (Wildman–Crippen MR) is 66.8 cm³/mol. The Kier molecular flexibility index (Phi) is 6.64. The third-order valence-corrected chi connectivity index (χ3v) is 1.74. The highest BCUT2D eigenvalue weighted by atomic mass is 14.9. The van der Waals surface area contributed by atoms with E-state index in [-0.39, 0.29) is 0 Å². The molecule has 0 unspecified atom stereocenters. The molecule has 1 aromatic heterocycles. The van der Waals surface area contributed by atoms with Crippen molar-refractivity contribution in [1.29, 1.82) is 5.26 Å². The van der Waals surface area contributed by atoms with Gasteiger partial charge in [0.1, 0.15) is 11.9 Å². The van der Waals surface area contributed by atoms with Crippen LogP contribution in [-0.2, 0) is 6.42 Å². The number of nitrogens with two attached hydrogens (primary N) is 2. The molecule has 0 spiro atoms. The first-order valence-corrected chi connectivity index (χ1v) is 5.14. The molecular formula is C11H19N5. The van der Waals surface area contributed by atoms with Gasteiger partial charge >= 0.3 is 0 Å². The highest BCUT2D eigenvalue weighted by Crippen LogP contribution is 2.18. The number of hydrogen-bond donors (Lipinski definition) is 3. The van der Waals surface area contributed by atoms with Gasteiger partial charge < -0.3 is 16.8 Å². The molecule has 5 N–H and O–H groups in total. The van der Waals surface area contributed by atoms with Gasteiger partial charge in [-0.15, -0.1) is 0 Å². The van der Waals surface area contributed by atoms with E-state index in [4.69, 9.17) is 16.7 Å². The number of anilines is 2. The fourth-order valence-corrected chi connectivity index (χ4v) is 1.19. The van der Waals surface area contributed by atoms with Gasteiger partial charge in [-0.2, -0.15) is 5.26 Å². The molecule has 0 aromatic carbocycles. The first-order valence-electron chi connectivity index (χ1n) is 5.14. The lowest BCUT2D eigenvalue weighted by Gasteiger charge is -2.05. The van der Waals surface area contributed by atoms with Gasteiger partial charge in [-0.25, -0.2) is 4.98 Å². The van der Waals surface area contributed by atoms with Crippen LogP contribution in [0.2, 0.25) is 0 Å². The molecule has 0 saturated heterocycles. The van der Waals surface area contributed by atoms with E-state index in [0.29, 0.717) is 22.8 Å². The molecule has 0 aliphatic carbocycles. The van der Waals surface area contributed by atoms with E-state index < -0.39 is 0 Å². The van der Waals surface area contributed by atoms with Crippen molar-refractivity contribution in [3.05, 3.63) is 17.3 Å². The number of rotatable bonds is 2. The third-order valence-electron chi connectivity index (χ3n) is 1.74. The van der Waals surface area contributed by atoms with E-state index in [1.165, 1.54) is 6.07 Å². The molecular weight excluding hydrogens is 202 g/mol. The summed E-state index contributed by atoms with van der Waals surface area (Å²) in [4.78, 5) is 4.07. The van der Waals surface area contributed by atoms with Crippen LogP contribution < -0.4 is 16.8 Å². The number of nitriles is 1. The second-order valence-electron chi connectivity index (χ2n) is 3.32. The van der Waals surface area contributed by atoms with Crippen LogP contribution in [0, 0.1) is 11.3 Å². The maximum atomic E-state index is 8.81. The number of nitrogens with one attached hydrogen (secondary N) is 1. The number of pyridine rings is 1. The van der Waals surface area contributed by atoms with Gasteiger partial charge in [0.25, 0.3) is 0 Å². The maximum Gasteiger partial charge on any atom is 0.125 e. The third kappa shape index (κ3) is 4.15. The summed E-state index contributed by atoms with van der Waals surface area (Å²) < 4.78 is 0. The van der Waals surface area contributed by atoms with E-state index in [0.717, 1.165) is 12.8 Å². The SMILES string of the molecule is CCCc1nc(N)cc(N)c1C#N.CNC. The number of nitrogen functional groups attached to an aromatic ring is 2. The molecule has 1 aromatic rings. The van der Waals surface area contributed by atoms with Crippen molar-refractivity contribution >= 4 is 11.5 Å². The van der Waals surface area contributed by atoms with Crippen LogP contribution in [0.3, 0.4) is 0 Å². The molecule has 0 radical (unpaired) electrons. The van der Waals surface area contributed by atoms with Crippen molar-refractivity contribution in [2.75, 3.05) is 25.6 Å². The molecule has 0 amide bonds. The monoisotopic (exact) mass is 221 g/mol. The smallest absolute Gasteiger partial charge is 0.125 e. The summed E-state index contributed by atoms with van der Waals surface area (Å²) in [7, 11) is 3.75. The molecule has 1 heterocycles. The molecule has 0 atom stereocenters. The van der Waals surface area contributed by atoms with Crippen molar-refractivity contribution in [3.63, 3.8) is 0 Å². The van der Waals surface area contributed by atoms with Gasteiger partial charge in [0.05, 0.1) is 16.9 Å². The second kappa shape index (κ2) is 7.49.